The molecule has 2 atom stereocenters. The summed E-state index contributed by atoms with van der Waals surface area (Å²) in [7, 11) is 0. The van der Waals surface area contributed by atoms with E-state index < -0.39 is 24.0 Å². The highest BCUT2D eigenvalue weighted by Gasteiger charge is 2.32. The summed E-state index contributed by atoms with van der Waals surface area (Å²) in [6.45, 7) is 6.21. The van der Waals surface area contributed by atoms with Gasteiger partial charge in [-0.05, 0) is 25.8 Å². The Labute approximate surface area is 115 Å². The molecule has 0 aromatic rings. The number of carboxylic acid groups (broad SMARTS) is 2. The van der Waals surface area contributed by atoms with Gasteiger partial charge in [-0.15, -0.1) is 0 Å². The summed E-state index contributed by atoms with van der Waals surface area (Å²) in [5, 5.41) is 18.5. The van der Waals surface area contributed by atoms with Gasteiger partial charge in [0, 0.05) is 0 Å². The Kier molecular flexibility index (Phi) is 9.21. The summed E-state index contributed by atoms with van der Waals surface area (Å²) in [6.07, 6.45) is 4.91. The molecule has 0 bridgehead atoms. The van der Waals surface area contributed by atoms with E-state index in [0.29, 0.717) is 19.4 Å². The van der Waals surface area contributed by atoms with Crippen LogP contribution in [0, 0.1) is 0 Å². The lowest BCUT2D eigenvalue weighted by molar-refractivity contribution is -0.151. The van der Waals surface area contributed by atoms with Gasteiger partial charge in [0.1, 0.15) is 12.1 Å². The minimum absolute atomic E-state index is 0.424. The van der Waals surface area contributed by atoms with Crippen molar-refractivity contribution in [3.05, 3.63) is 0 Å². The van der Waals surface area contributed by atoms with Gasteiger partial charge in [0.05, 0.1) is 0 Å². The predicted molar refractivity (Wildman–Crippen MR) is 74.3 cm³/mol. The molecule has 0 fully saturated rings. The molecular weight excluding hydrogens is 246 g/mol. The second-order valence-corrected chi connectivity index (χ2v) is 4.82. The van der Waals surface area contributed by atoms with Crippen LogP contribution in [0.3, 0.4) is 0 Å². The van der Waals surface area contributed by atoms with Crippen molar-refractivity contribution < 1.29 is 19.8 Å². The average Bonchev–Trinajstić information content (AvgIpc) is 2.34. The van der Waals surface area contributed by atoms with Crippen LogP contribution in [0.4, 0.5) is 0 Å². The zero-order valence-electron chi connectivity index (χ0n) is 12.3. The third-order valence-electron chi connectivity index (χ3n) is 3.41. The number of hydrogen-bond donors (Lipinski definition) is 2. The average molecular weight is 273 g/mol. The maximum Gasteiger partial charge on any atom is 0.320 e. The number of unbranched alkanes of at least 4 members (excludes halogenated alkanes) is 3. The molecule has 5 nitrogen and oxygen atoms in total. The van der Waals surface area contributed by atoms with Gasteiger partial charge < -0.3 is 10.2 Å². The normalized spacial score (nSPS) is 14.3. The van der Waals surface area contributed by atoms with Crippen molar-refractivity contribution in [3.8, 4) is 0 Å². The monoisotopic (exact) mass is 273 g/mol. The number of carboxylic acids is 2. The second kappa shape index (κ2) is 9.78. The van der Waals surface area contributed by atoms with Crippen LogP contribution in [-0.4, -0.2) is 45.7 Å². The van der Waals surface area contributed by atoms with Crippen LogP contribution in [0.25, 0.3) is 0 Å². The van der Waals surface area contributed by atoms with Crippen LogP contribution in [0.15, 0.2) is 0 Å². The van der Waals surface area contributed by atoms with Gasteiger partial charge in [-0.25, -0.2) is 0 Å². The summed E-state index contributed by atoms with van der Waals surface area (Å²) < 4.78 is 0. The lowest BCUT2D eigenvalue weighted by Crippen LogP contribution is -2.50. The first kappa shape index (κ1) is 17.9. The number of rotatable bonds is 11. The Hall–Kier alpha value is -1.10. The molecule has 19 heavy (non-hydrogen) atoms. The number of carbonyl (C=O) groups is 2. The first-order chi connectivity index (χ1) is 8.99. The molecule has 0 saturated heterocycles. The van der Waals surface area contributed by atoms with Crippen molar-refractivity contribution >= 4 is 11.9 Å². The van der Waals surface area contributed by atoms with E-state index in [1.807, 2.05) is 0 Å². The Morgan fingerprint density at radius 3 is 1.68 bits per heavy atom. The molecule has 0 heterocycles. The molecule has 112 valence electrons. The second-order valence-electron chi connectivity index (χ2n) is 4.82. The van der Waals surface area contributed by atoms with Gasteiger partial charge in [0.15, 0.2) is 0 Å². The molecule has 0 saturated carbocycles. The zero-order valence-corrected chi connectivity index (χ0v) is 12.3. The number of hydrogen-bond acceptors (Lipinski definition) is 3. The molecule has 0 rings (SSSR count). The van der Waals surface area contributed by atoms with Crippen molar-refractivity contribution in [2.24, 2.45) is 0 Å². The van der Waals surface area contributed by atoms with Gasteiger partial charge in [0.2, 0.25) is 0 Å². The number of aliphatic carboxylic acids is 2. The molecule has 2 unspecified atom stereocenters. The molecular formula is C14H27NO4. The van der Waals surface area contributed by atoms with Gasteiger partial charge in [0.25, 0.3) is 0 Å². The van der Waals surface area contributed by atoms with Crippen molar-refractivity contribution in [1.82, 2.24) is 4.90 Å². The third-order valence-corrected chi connectivity index (χ3v) is 3.41. The van der Waals surface area contributed by atoms with Crippen molar-refractivity contribution in [2.75, 3.05) is 6.54 Å². The molecule has 0 aromatic carbocycles. The molecule has 0 aliphatic carbocycles. The van der Waals surface area contributed by atoms with Crippen LogP contribution < -0.4 is 0 Å². The highest BCUT2D eigenvalue weighted by molar-refractivity contribution is 5.77. The van der Waals surface area contributed by atoms with Crippen LogP contribution in [-0.2, 0) is 9.59 Å². The molecule has 0 aliphatic heterocycles. The van der Waals surface area contributed by atoms with Crippen LogP contribution in [0.1, 0.15) is 59.3 Å². The highest BCUT2D eigenvalue weighted by Crippen LogP contribution is 2.15. The Bertz CT molecular complexity index is 259. The van der Waals surface area contributed by atoms with Gasteiger partial charge in [-0.1, -0.05) is 40.0 Å². The predicted octanol–water partition coefficient (Wildman–Crippen LogP) is 2.60. The maximum absolute atomic E-state index is 11.3. The molecule has 0 aromatic heterocycles. The summed E-state index contributed by atoms with van der Waals surface area (Å²) in [4.78, 5) is 24.2. The highest BCUT2D eigenvalue weighted by atomic mass is 16.4. The molecule has 0 radical (unpaired) electrons. The maximum atomic E-state index is 11.3. The van der Waals surface area contributed by atoms with E-state index in [0.717, 1.165) is 25.7 Å². The van der Waals surface area contributed by atoms with Gasteiger partial charge >= 0.3 is 11.9 Å². The first-order valence-electron chi connectivity index (χ1n) is 7.20. The topological polar surface area (TPSA) is 77.8 Å². The van der Waals surface area contributed by atoms with E-state index in [4.69, 9.17) is 0 Å². The summed E-state index contributed by atoms with van der Waals surface area (Å²) in [5.41, 5.74) is 0. The van der Waals surface area contributed by atoms with Crippen molar-refractivity contribution in [2.45, 2.75) is 71.4 Å². The first-order valence-corrected chi connectivity index (χ1v) is 7.20. The van der Waals surface area contributed by atoms with E-state index >= 15 is 0 Å². The van der Waals surface area contributed by atoms with Crippen LogP contribution in [0.5, 0.6) is 0 Å². The Morgan fingerprint density at radius 1 is 0.895 bits per heavy atom. The summed E-state index contributed by atoms with van der Waals surface area (Å²) in [6, 6.07) is -1.41. The van der Waals surface area contributed by atoms with E-state index in [-0.39, 0.29) is 0 Å². The van der Waals surface area contributed by atoms with Crippen LogP contribution >= 0.6 is 0 Å². The lowest BCUT2D eigenvalue weighted by atomic mass is 10.1. The molecule has 0 spiro atoms. The molecule has 0 amide bonds. The standard InChI is InChI=1S/C14H27NO4/c1-4-7-8-9-10-15(11(5-2)13(16)17)12(6-3)14(18)19/h11-12H,4-10H2,1-3H3,(H,16,17)(H,18,19). The summed E-state index contributed by atoms with van der Waals surface area (Å²) >= 11 is 0. The van der Waals surface area contributed by atoms with E-state index in [1.54, 1.807) is 18.7 Å². The van der Waals surface area contributed by atoms with Gasteiger partial charge in [-0.3, -0.25) is 14.5 Å². The minimum Gasteiger partial charge on any atom is -0.480 e. The third kappa shape index (κ3) is 6.05. The fraction of sp³-hybridized carbons (Fsp3) is 0.857. The largest absolute Gasteiger partial charge is 0.480 e. The van der Waals surface area contributed by atoms with Crippen molar-refractivity contribution in [1.29, 1.82) is 0 Å². The molecule has 5 heteroatoms. The quantitative estimate of drug-likeness (QED) is 0.566. The van der Waals surface area contributed by atoms with E-state index in [2.05, 4.69) is 6.92 Å². The minimum atomic E-state index is -0.933. The van der Waals surface area contributed by atoms with E-state index in [9.17, 15) is 19.8 Å². The summed E-state index contributed by atoms with van der Waals surface area (Å²) in [5.74, 6) is -1.87. The number of nitrogens with zero attached hydrogens (tertiary/aromatic N) is 1. The lowest BCUT2D eigenvalue weighted by Gasteiger charge is -2.32. The van der Waals surface area contributed by atoms with Gasteiger partial charge in [-0.2, -0.15) is 0 Å². The zero-order chi connectivity index (χ0) is 14.8. The Morgan fingerprint density at radius 2 is 1.37 bits per heavy atom. The fourth-order valence-corrected chi connectivity index (χ4v) is 2.35. The SMILES string of the molecule is CCCCCCN(C(CC)C(=O)O)C(CC)C(=O)O. The van der Waals surface area contributed by atoms with Crippen LogP contribution in [0.2, 0.25) is 0 Å². The molecule has 0 aliphatic rings. The smallest absolute Gasteiger partial charge is 0.320 e. The fourth-order valence-electron chi connectivity index (χ4n) is 2.35. The molecule has 2 N–H and O–H groups in total. The Balaban J connectivity index is 4.79. The van der Waals surface area contributed by atoms with E-state index in [1.165, 1.54) is 0 Å². The van der Waals surface area contributed by atoms with Crippen molar-refractivity contribution in [3.63, 3.8) is 0 Å².